The Bertz CT molecular complexity index is 590. The van der Waals surface area contributed by atoms with Crippen molar-refractivity contribution < 1.29 is 17.6 Å². The summed E-state index contributed by atoms with van der Waals surface area (Å²) in [5.41, 5.74) is 0.776. The first-order valence-electron chi connectivity index (χ1n) is 6.51. The lowest BCUT2D eigenvalue weighted by Gasteiger charge is -2.15. The number of halogens is 4. The highest BCUT2D eigenvalue weighted by Crippen LogP contribution is 2.29. The molecule has 0 aliphatic carbocycles. The second kappa shape index (κ2) is 6.26. The SMILES string of the molecule is CC(NCc1cccc(C(F)(F)F)c1)c1ccc(F)cc1. The molecule has 2 aromatic rings. The molecular formula is C16H15F4N. The molecule has 0 saturated carbocycles. The summed E-state index contributed by atoms with van der Waals surface area (Å²) in [5, 5.41) is 3.12. The molecular weight excluding hydrogens is 282 g/mol. The van der Waals surface area contributed by atoms with Gasteiger partial charge in [0.2, 0.25) is 0 Å². The highest BCUT2D eigenvalue weighted by Gasteiger charge is 2.30. The van der Waals surface area contributed by atoms with E-state index in [0.29, 0.717) is 12.1 Å². The van der Waals surface area contributed by atoms with Crippen LogP contribution >= 0.6 is 0 Å². The van der Waals surface area contributed by atoms with Crippen molar-refractivity contribution in [3.63, 3.8) is 0 Å². The maximum Gasteiger partial charge on any atom is 0.416 e. The Kier molecular flexibility index (Phi) is 4.63. The van der Waals surface area contributed by atoms with Crippen LogP contribution < -0.4 is 5.32 Å². The van der Waals surface area contributed by atoms with Gasteiger partial charge in [0.1, 0.15) is 5.82 Å². The van der Waals surface area contributed by atoms with E-state index in [2.05, 4.69) is 5.32 Å². The molecule has 1 unspecified atom stereocenters. The first kappa shape index (κ1) is 15.5. The Morgan fingerprint density at radius 3 is 2.33 bits per heavy atom. The molecule has 1 N–H and O–H groups in total. The van der Waals surface area contributed by atoms with E-state index in [9.17, 15) is 17.6 Å². The van der Waals surface area contributed by atoms with Crippen LogP contribution in [-0.2, 0) is 12.7 Å². The van der Waals surface area contributed by atoms with Crippen LogP contribution in [0.4, 0.5) is 17.6 Å². The molecule has 0 spiro atoms. The average molecular weight is 297 g/mol. The smallest absolute Gasteiger partial charge is 0.306 e. The van der Waals surface area contributed by atoms with Gasteiger partial charge < -0.3 is 5.32 Å². The first-order chi connectivity index (χ1) is 9.86. The Balaban J connectivity index is 2.01. The molecule has 21 heavy (non-hydrogen) atoms. The predicted molar refractivity (Wildman–Crippen MR) is 73.1 cm³/mol. The summed E-state index contributed by atoms with van der Waals surface area (Å²) >= 11 is 0. The van der Waals surface area contributed by atoms with Crippen molar-refractivity contribution in [2.24, 2.45) is 0 Å². The van der Waals surface area contributed by atoms with E-state index in [1.165, 1.54) is 18.2 Å². The van der Waals surface area contributed by atoms with Crippen LogP contribution in [-0.4, -0.2) is 0 Å². The average Bonchev–Trinajstić information content (AvgIpc) is 2.45. The van der Waals surface area contributed by atoms with E-state index < -0.39 is 11.7 Å². The van der Waals surface area contributed by atoms with Crippen LogP contribution in [0.1, 0.15) is 29.7 Å². The van der Waals surface area contributed by atoms with Gasteiger partial charge in [-0.25, -0.2) is 4.39 Å². The third-order valence-corrected chi connectivity index (χ3v) is 3.24. The van der Waals surface area contributed by atoms with Crippen LogP contribution in [0.2, 0.25) is 0 Å². The van der Waals surface area contributed by atoms with Gasteiger partial charge in [-0.1, -0.05) is 30.3 Å². The van der Waals surface area contributed by atoms with Crippen molar-refractivity contribution in [2.45, 2.75) is 25.7 Å². The van der Waals surface area contributed by atoms with Gasteiger partial charge in [-0.15, -0.1) is 0 Å². The van der Waals surface area contributed by atoms with E-state index in [0.717, 1.165) is 17.7 Å². The summed E-state index contributed by atoms with van der Waals surface area (Å²) in [6.07, 6.45) is -4.33. The first-order valence-corrected chi connectivity index (χ1v) is 6.51. The molecule has 0 bridgehead atoms. The molecule has 2 rings (SSSR count). The van der Waals surface area contributed by atoms with E-state index >= 15 is 0 Å². The lowest BCUT2D eigenvalue weighted by molar-refractivity contribution is -0.137. The number of hydrogen-bond donors (Lipinski definition) is 1. The third kappa shape index (κ3) is 4.29. The van der Waals surface area contributed by atoms with Crippen molar-refractivity contribution in [3.8, 4) is 0 Å². The Morgan fingerprint density at radius 2 is 1.71 bits per heavy atom. The van der Waals surface area contributed by atoms with Crippen LogP contribution in [0.15, 0.2) is 48.5 Å². The van der Waals surface area contributed by atoms with Gasteiger partial charge in [-0.3, -0.25) is 0 Å². The van der Waals surface area contributed by atoms with Gasteiger partial charge in [-0.2, -0.15) is 13.2 Å². The topological polar surface area (TPSA) is 12.0 Å². The monoisotopic (exact) mass is 297 g/mol. The number of alkyl halides is 3. The van der Waals surface area contributed by atoms with Crippen LogP contribution in [0, 0.1) is 5.82 Å². The zero-order chi connectivity index (χ0) is 15.5. The summed E-state index contributed by atoms with van der Waals surface area (Å²) in [4.78, 5) is 0. The molecule has 0 amide bonds. The van der Waals surface area contributed by atoms with Gasteiger partial charge in [0, 0.05) is 12.6 Å². The van der Waals surface area contributed by atoms with Gasteiger partial charge in [0.15, 0.2) is 0 Å². The molecule has 0 saturated heterocycles. The summed E-state index contributed by atoms with van der Waals surface area (Å²) < 4.78 is 50.7. The van der Waals surface area contributed by atoms with E-state index in [1.807, 2.05) is 6.92 Å². The van der Waals surface area contributed by atoms with Crippen LogP contribution in [0.3, 0.4) is 0 Å². The molecule has 0 heterocycles. The van der Waals surface area contributed by atoms with Crippen molar-refractivity contribution in [3.05, 3.63) is 71.0 Å². The third-order valence-electron chi connectivity index (χ3n) is 3.24. The van der Waals surface area contributed by atoms with Crippen molar-refractivity contribution in [1.82, 2.24) is 5.32 Å². The van der Waals surface area contributed by atoms with Crippen molar-refractivity contribution in [2.75, 3.05) is 0 Å². The summed E-state index contributed by atoms with van der Waals surface area (Å²) in [6, 6.07) is 11.1. The van der Waals surface area contributed by atoms with Gasteiger partial charge in [-0.05, 0) is 36.2 Å². The minimum Gasteiger partial charge on any atom is -0.306 e. The predicted octanol–water partition coefficient (Wildman–Crippen LogP) is 4.70. The maximum absolute atomic E-state index is 12.8. The standard InChI is InChI=1S/C16H15F4N/c1-11(13-5-7-15(17)8-6-13)21-10-12-3-2-4-14(9-12)16(18,19)20/h2-9,11,21H,10H2,1H3. The Hall–Kier alpha value is -1.88. The number of hydrogen-bond acceptors (Lipinski definition) is 1. The molecule has 5 heteroatoms. The highest BCUT2D eigenvalue weighted by molar-refractivity contribution is 5.26. The number of rotatable bonds is 4. The molecule has 1 nitrogen and oxygen atoms in total. The fourth-order valence-electron chi connectivity index (χ4n) is 2.00. The normalized spacial score (nSPS) is 13.2. The second-order valence-corrected chi connectivity index (χ2v) is 4.85. The van der Waals surface area contributed by atoms with Crippen molar-refractivity contribution in [1.29, 1.82) is 0 Å². The lowest BCUT2D eigenvalue weighted by Crippen LogP contribution is -2.18. The van der Waals surface area contributed by atoms with Crippen LogP contribution in [0.5, 0.6) is 0 Å². The van der Waals surface area contributed by atoms with E-state index in [-0.39, 0.29) is 11.9 Å². The Labute approximate surface area is 120 Å². The lowest BCUT2D eigenvalue weighted by atomic mass is 10.1. The van der Waals surface area contributed by atoms with E-state index in [1.54, 1.807) is 18.2 Å². The molecule has 112 valence electrons. The molecule has 1 atom stereocenters. The molecule has 0 aromatic heterocycles. The second-order valence-electron chi connectivity index (χ2n) is 4.85. The Morgan fingerprint density at radius 1 is 1.05 bits per heavy atom. The molecule has 2 aromatic carbocycles. The minimum absolute atomic E-state index is 0.0832. The van der Waals surface area contributed by atoms with E-state index in [4.69, 9.17) is 0 Å². The van der Waals surface area contributed by atoms with Gasteiger partial charge in [0.25, 0.3) is 0 Å². The quantitative estimate of drug-likeness (QED) is 0.807. The van der Waals surface area contributed by atoms with Gasteiger partial charge in [0.05, 0.1) is 5.56 Å². The molecule has 0 aliphatic heterocycles. The number of nitrogens with one attached hydrogen (secondary N) is 1. The zero-order valence-electron chi connectivity index (χ0n) is 11.4. The fourth-order valence-corrected chi connectivity index (χ4v) is 2.00. The maximum atomic E-state index is 12.8. The number of benzene rings is 2. The molecule has 0 radical (unpaired) electrons. The van der Waals surface area contributed by atoms with Gasteiger partial charge >= 0.3 is 6.18 Å². The summed E-state index contributed by atoms with van der Waals surface area (Å²) in [5.74, 6) is -0.316. The zero-order valence-corrected chi connectivity index (χ0v) is 11.4. The largest absolute Gasteiger partial charge is 0.416 e. The van der Waals surface area contributed by atoms with Crippen molar-refractivity contribution >= 4 is 0 Å². The summed E-state index contributed by atoms with van der Waals surface area (Å²) in [6.45, 7) is 2.18. The highest BCUT2D eigenvalue weighted by atomic mass is 19.4. The minimum atomic E-state index is -4.33. The fraction of sp³-hybridized carbons (Fsp3) is 0.250. The van der Waals surface area contributed by atoms with Crippen LogP contribution in [0.25, 0.3) is 0 Å². The molecule has 0 fully saturated rings. The summed E-state index contributed by atoms with van der Waals surface area (Å²) in [7, 11) is 0. The molecule has 0 aliphatic rings.